The van der Waals surface area contributed by atoms with E-state index in [0.717, 1.165) is 11.1 Å². The quantitative estimate of drug-likeness (QED) is 0.731. The summed E-state index contributed by atoms with van der Waals surface area (Å²) >= 11 is 0. The zero-order valence-corrected chi connectivity index (χ0v) is 10.3. The summed E-state index contributed by atoms with van der Waals surface area (Å²) in [4.78, 5) is 21.6. The average molecular weight is 252 g/mol. The number of hydrogen-bond donors (Lipinski definition) is 3. The predicted octanol–water partition coefficient (Wildman–Crippen LogP) is 0.622. The molecule has 3 amide bonds. The zero-order chi connectivity index (χ0) is 13.7. The van der Waals surface area contributed by atoms with Crippen LogP contribution in [-0.4, -0.2) is 23.7 Å². The molecule has 0 aliphatic heterocycles. The van der Waals surface area contributed by atoms with Crippen LogP contribution in [0.2, 0.25) is 0 Å². The number of primary amides is 1. The van der Waals surface area contributed by atoms with Crippen LogP contribution in [0, 0.1) is 6.92 Å². The SMILES string of the molecule is Cc1cc(C(C)O)ccc1OCC(=O)NC(N)=O. The highest BCUT2D eigenvalue weighted by atomic mass is 16.5. The number of aliphatic hydroxyl groups excluding tert-OH is 1. The lowest BCUT2D eigenvalue weighted by Gasteiger charge is -2.11. The largest absolute Gasteiger partial charge is 0.483 e. The summed E-state index contributed by atoms with van der Waals surface area (Å²) in [6.45, 7) is 3.17. The molecule has 1 rings (SSSR count). The van der Waals surface area contributed by atoms with Crippen molar-refractivity contribution in [2.75, 3.05) is 6.61 Å². The van der Waals surface area contributed by atoms with Gasteiger partial charge in [0, 0.05) is 0 Å². The summed E-state index contributed by atoms with van der Waals surface area (Å²) in [7, 11) is 0. The van der Waals surface area contributed by atoms with Crippen LogP contribution in [0.25, 0.3) is 0 Å². The van der Waals surface area contributed by atoms with Crippen molar-refractivity contribution in [3.05, 3.63) is 29.3 Å². The first kappa shape index (κ1) is 14.0. The molecule has 0 saturated carbocycles. The third kappa shape index (κ3) is 4.06. The summed E-state index contributed by atoms with van der Waals surface area (Å²) in [5.41, 5.74) is 6.35. The van der Waals surface area contributed by atoms with Gasteiger partial charge in [0.05, 0.1) is 6.10 Å². The predicted molar refractivity (Wildman–Crippen MR) is 65.0 cm³/mol. The summed E-state index contributed by atoms with van der Waals surface area (Å²) in [6.07, 6.45) is -0.559. The molecule has 1 aromatic rings. The van der Waals surface area contributed by atoms with E-state index in [2.05, 4.69) is 0 Å². The maximum absolute atomic E-state index is 11.1. The minimum atomic E-state index is -0.912. The van der Waals surface area contributed by atoms with Gasteiger partial charge in [-0.15, -0.1) is 0 Å². The van der Waals surface area contributed by atoms with Crippen LogP contribution in [-0.2, 0) is 4.79 Å². The molecule has 18 heavy (non-hydrogen) atoms. The van der Waals surface area contributed by atoms with Crippen molar-refractivity contribution in [1.29, 1.82) is 0 Å². The van der Waals surface area contributed by atoms with Crippen molar-refractivity contribution >= 4 is 11.9 Å². The lowest BCUT2D eigenvalue weighted by Crippen LogP contribution is -2.38. The van der Waals surface area contributed by atoms with Crippen molar-refractivity contribution in [2.24, 2.45) is 5.73 Å². The number of benzene rings is 1. The van der Waals surface area contributed by atoms with Gasteiger partial charge in [0.15, 0.2) is 6.61 Å². The van der Waals surface area contributed by atoms with E-state index >= 15 is 0 Å². The second-order valence-electron chi connectivity index (χ2n) is 3.90. The molecule has 0 fully saturated rings. The summed E-state index contributed by atoms with van der Waals surface area (Å²) in [5, 5.41) is 11.3. The Kier molecular flexibility index (Phi) is 4.67. The van der Waals surface area contributed by atoms with Crippen LogP contribution in [0.1, 0.15) is 24.2 Å². The van der Waals surface area contributed by atoms with Gasteiger partial charge in [-0.1, -0.05) is 6.07 Å². The lowest BCUT2D eigenvalue weighted by atomic mass is 10.1. The number of aryl methyl sites for hydroxylation is 1. The number of aliphatic hydroxyl groups is 1. The molecular weight excluding hydrogens is 236 g/mol. The molecule has 0 aliphatic rings. The van der Waals surface area contributed by atoms with Crippen LogP contribution < -0.4 is 15.8 Å². The van der Waals surface area contributed by atoms with Crippen LogP contribution in [0.4, 0.5) is 4.79 Å². The molecule has 0 aliphatic carbocycles. The monoisotopic (exact) mass is 252 g/mol. The molecule has 0 bridgehead atoms. The average Bonchev–Trinajstić information content (AvgIpc) is 2.26. The number of rotatable bonds is 4. The zero-order valence-electron chi connectivity index (χ0n) is 10.3. The van der Waals surface area contributed by atoms with E-state index in [1.807, 2.05) is 5.32 Å². The number of urea groups is 1. The van der Waals surface area contributed by atoms with Crippen LogP contribution >= 0.6 is 0 Å². The Labute approximate surface area is 105 Å². The molecule has 6 heteroatoms. The van der Waals surface area contributed by atoms with E-state index in [-0.39, 0.29) is 6.61 Å². The molecule has 1 aromatic carbocycles. The molecule has 98 valence electrons. The van der Waals surface area contributed by atoms with Crippen molar-refractivity contribution < 1.29 is 19.4 Å². The number of ether oxygens (including phenoxy) is 1. The van der Waals surface area contributed by atoms with Gasteiger partial charge in [-0.25, -0.2) is 4.79 Å². The first-order valence-corrected chi connectivity index (χ1v) is 5.41. The Bertz CT molecular complexity index is 457. The fourth-order valence-corrected chi connectivity index (χ4v) is 1.41. The molecule has 1 atom stereocenters. The highest BCUT2D eigenvalue weighted by Gasteiger charge is 2.08. The van der Waals surface area contributed by atoms with Crippen LogP contribution in [0.15, 0.2) is 18.2 Å². The highest BCUT2D eigenvalue weighted by molar-refractivity contribution is 5.94. The van der Waals surface area contributed by atoms with Crippen molar-refractivity contribution in [3.8, 4) is 5.75 Å². The summed E-state index contributed by atoms with van der Waals surface area (Å²) < 4.78 is 5.23. The smallest absolute Gasteiger partial charge is 0.318 e. The van der Waals surface area contributed by atoms with Crippen molar-refractivity contribution in [3.63, 3.8) is 0 Å². The second-order valence-corrected chi connectivity index (χ2v) is 3.90. The number of carbonyl (C=O) groups is 2. The highest BCUT2D eigenvalue weighted by Crippen LogP contribution is 2.22. The molecule has 4 N–H and O–H groups in total. The number of hydrogen-bond acceptors (Lipinski definition) is 4. The molecule has 0 aromatic heterocycles. The molecule has 0 heterocycles. The van der Waals surface area contributed by atoms with Gasteiger partial charge in [0.2, 0.25) is 0 Å². The Morgan fingerprint density at radius 2 is 2.17 bits per heavy atom. The Hall–Kier alpha value is -2.08. The van der Waals surface area contributed by atoms with Gasteiger partial charge in [-0.2, -0.15) is 0 Å². The normalized spacial score (nSPS) is 11.7. The maximum atomic E-state index is 11.1. The molecule has 0 spiro atoms. The third-order valence-electron chi connectivity index (χ3n) is 2.30. The van der Waals surface area contributed by atoms with Crippen molar-refractivity contribution in [1.82, 2.24) is 5.32 Å². The Balaban J connectivity index is 2.63. The molecule has 0 radical (unpaired) electrons. The standard InChI is InChI=1S/C12H16N2O4/c1-7-5-9(8(2)15)3-4-10(7)18-6-11(16)14-12(13)17/h3-5,8,15H,6H2,1-2H3,(H3,13,14,16,17). The molecular formula is C12H16N2O4. The minimum absolute atomic E-state index is 0.294. The van der Waals surface area contributed by atoms with Crippen molar-refractivity contribution in [2.45, 2.75) is 20.0 Å². The van der Waals surface area contributed by atoms with Crippen LogP contribution in [0.3, 0.4) is 0 Å². The topological polar surface area (TPSA) is 102 Å². The number of nitrogens with one attached hydrogen (secondary N) is 1. The Morgan fingerprint density at radius 1 is 1.50 bits per heavy atom. The number of imide groups is 1. The van der Waals surface area contributed by atoms with E-state index in [0.29, 0.717) is 5.75 Å². The molecule has 0 saturated heterocycles. The molecule has 6 nitrogen and oxygen atoms in total. The van der Waals surface area contributed by atoms with Crippen LogP contribution in [0.5, 0.6) is 5.75 Å². The first-order valence-electron chi connectivity index (χ1n) is 5.41. The van der Waals surface area contributed by atoms with E-state index in [1.54, 1.807) is 32.0 Å². The van der Waals surface area contributed by atoms with Gasteiger partial charge in [-0.05, 0) is 37.1 Å². The third-order valence-corrected chi connectivity index (χ3v) is 2.30. The molecule has 1 unspecified atom stereocenters. The summed E-state index contributed by atoms with van der Waals surface area (Å²) in [6, 6.07) is 4.23. The fourth-order valence-electron chi connectivity index (χ4n) is 1.41. The minimum Gasteiger partial charge on any atom is -0.483 e. The lowest BCUT2D eigenvalue weighted by molar-refractivity contribution is -0.121. The van der Waals surface area contributed by atoms with Gasteiger partial charge in [0.1, 0.15) is 5.75 Å². The van der Waals surface area contributed by atoms with E-state index in [1.165, 1.54) is 0 Å². The number of amides is 3. The Morgan fingerprint density at radius 3 is 2.67 bits per heavy atom. The number of carbonyl (C=O) groups excluding carboxylic acids is 2. The van der Waals surface area contributed by atoms with Gasteiger partial charge < -0.3 is 15.6 Å². The van der Waals surface area contributed by atoms with Gasteiger partial charge in [0.25, 0.3) is 5.91 Å². The van der Waals surface area contributed by atoms with Gasteiger partial charge in [-0.3, -0.25) is 10.1 Å². The van der Waals surface area contributed by atoms with E-state index in [9.17, 15) is 14.7 Å². The fraction of sp³-hybridized carbons (Fsp3) is 0.333. The maximum Gasteiger partial charge on any atom is 0.318 e. The first-order chi connectivity index (χ1) is 8.40. The van der Waals surface area contributed by atoms with E-state index in [4.69, 9.17) is 10.5 Å². The summed E-state index contributed by atoms with van der Waals surface area (Å²) in [5.74, 6) is -0.0967. The number of nitrogens with two attached hydrogens (primary N) is 1. The van der Waals surface area contributed by atoms with E-state index < -0.39 is 18.0 Å². The second kappa shape index (κ2) is 6.02. The van der Waals surface area contributed by atoms with Gasteiger partial charge >= 0.3 is 6.03 Å².